The predicted molar refractivity (Wildman–Crippen MR) is 48.7 cm³/mol. The van der Waals surface area contributed by atoms with Crippen molar-refractivity contribution in [3.63, 3.8) is 0 Å². The van der Waals surface area contributed by atoms with Gasteiger partial charge in [0, 0.05) is 58.9 Å². The zero-order valence-electron chi connectivity index (χ0n) is 2.31. The molecule has 0 aromatic rings. The first-order chi connectivity index (χ1) is 0. The van der Waals surface area contributed by atoms with Crippen LogP contribution in [-0.4, -0.2) is 80.1 Å². The summed E-state index contributed by atoms with van der Waals surface area (Å²) < 4.78 is 0. The minimum atomic E-state index is 0. The van der Waals surface area contributed by atoms with Crippen molar-refractivity contribution in [1.82, 2.24) is 0 Å². The van der Waals surface area contributed by atoms with Crippen molar-refractivity contribution in [2.24, 2.45) is 0 Å². The Labute approximate surface area is 149 Å². The van der Waals surface area contributed by atoms with Gasteiger partial charge in [0.2, 0.25) is 0 Å². The molecule has 0 saturated heterocycles. The van der Waals surface area contributed by atoms with Crippen molar-refractivity contribution in [3.8, 4) is 0 Å². The van der Waals surface area contributed by atoms with Crippen LogP contribution in [0, 0.1) is 0 Å². The van der Waals surface area contributed by atoms with Gasteiger partial charge in [-0.3, -0.25) is 0 Å². The topological polar surface area (TPSA) is 0 Å². The van der Waals surface area contributed by atoms with Crippen molar-refractivity contribution < 1.29 is 58.9 Å². The maximum Gasteiger partial charge on any atom is 0 e. The molecule has 0 atom stereocenters. The Morgan fingerprint density at radius 3 is 1.00 bits per heavy atom. The van der Waals surface area contributed by atoms with Gasteiger partial charge in [0.05, 0.1) is 0 Å². The smallest absolute Gasteiger partial charge is 0 e. The minimum absolute atomic E-state index is 0. The second kappa shape index (κ2) is 59.8. The van der Waals surface area contributed by atoms with Gasteiger partial charge in [-0.15, -0.1) is 0 Å². The summed E-state index contributed by atoms with van der Waals surface area (Å²) in [7, 11) is 0. The zero-order chi connectivity index (χ0) is 0. The largest absolute Gasteiger partial charge is 0 e. The van der Waals surface area contributed by atoms with Crippen LogP contribution in [0.5, 0.6) is 0 Å². The van der Waals surface area contributed by atoms with Crippen LogP contribution in [0.1, 0.15) is 0 Å². The summed E-state index contributed by atoms with van der Waals surface area (Å²) in [6, 6.07) is 0. The molecule has 0 nitrogen and oxygen atoms in total. The Balaban J connectivity index is 0. The molecule has 0 aromatic heterocycles. The molecule has 2 radical (unpaired) electrons. The van der Waals surface area contributed by atoms with Gasteiger partial charge in [-0.1, -0.05) is 0 Å². The summed E-state index contributed by atoms with van der Waals surface area (Å²) in [6.45, 7) is 0. The average Bonchev–Trinajstić information content (AvgIpc) is 0. The quantitative estimate of drug-likeness (QED) is 0.258. The maximum atomic E-state index is 0. The van der Waals surface area contributed by atoms with E-state index in [0.29, 0.717) is 0 Å². The van der Waals surface area contributed by atoms with Crippen LogP contribution >= 0.6 is 13.5 Å². The van der Waals surface area contributed by atoms with E-state index in [1.54, 1.807) is 0 Å². The third-order valence-corrected chi connectivity index (χ3v) is 0. The fourth-order valence-corrected chi connectivity index (χ4v) is 0. The Hall–Kier alpha value is 4.79. The molecule has 8 heavy (non-hydrogen) atoms. The second-order valence-corrected chi connectivity index (χ2v) is 0. The fraction of sp³-hybridized carbons (Fsp3) is 0. The predicted octanol–water partition coefficient (Wildman–Crippen LogP) is -4.36. The molecule has 0 unspecified atom stereocenters. The van der Waals surface area contributed by atoms with Crippen LogP contribution in [-0.2, 0) is 58.9 Å². The molecule has 0 rings (SSSR count). The molecule has 0 N–H and O–H groups in total. The first-order valence-corrected chi connectivity index (χ1v) is 0. The van der Waals surface area contributed by atoms with Crippen molar-refractivity contribution in [1.29, 1.82) is 0 Å². The molecule has 0 aliphatic rings. The molecular formula is H13AgAlCuGaInSSeZn. The van der Waals surface area contributed by atoms with Crippen LogP contribution in [0.25, 0.3) is 0 Å². The molecule has 58 valence electrons. The van der Waals surface area contributed by atoms with Gasteiger partial charge < -0.3 is 0 Å². The Kier molecular flexibility index (Phi) is 579. The minimum Gasteiger partial charge on any atom is 0 e. The first kappa shape index (κ1) is 77.5. The molecule has 0 aromatic carbocycles. The van der Waals surface area contributed by atoms with E-state index in [9.17, 15) is 0 Å². The van der Waals surface area contributed by atoms with Gasteiger partial charge in [-0.25, -0.2) is 0 Å². The summed E-state index contributed by atoms with van der Waals surface area (Å²) in [5.41, 5.74) is 0. The normalized spacial score (nSPS) is 0. The number of hydrogen-bond donors (Lipinski definition) is 0. The summed E-state index contributed by atoms with van der Waals surface area (Å²) in [4.78, 5) is 0. The third kappa shape index (κ3) is 45.1. The first-order valence-electron chi connectivity index (χ1n) is 0. The monoisotopic (exact) mass is 570 g/mol. The van der Waals surface area contributed by atoms with Crippen molar-refractivity contribution in [2.75, 3.05) is 0 Å². The standard InChI is InChI=1S/Ag.Al.Cu.Ga.In.H2S.H2Se.Zn.9H/h;;;;;2*1H2;;;;;;;;;;. The molecule has 8 heteroatoms. The Morgan fingerprint density at radius 1 is 1.00 bits per heavy atom. The molecule has 0 aliphatic heterocycles. The summed E-state index contributed by atoms with van der Waals surface area (Å²) in [5, 5.41) is 0. The van der Waals surface area contributed by atoms with E-state index in [-0.39, 0.29) is 152 Å². The van der Waals surface area contributed by atoms with E-state index in [4.69, 9.17) is 0 Å². The van der Waals surface area contributed by atoms with Crippen molar-refractivity contribution in [3.05, 3.63) is 0 Å². The van der Waals surface area contributed by atoms with Crippen LogP contribution in [0.4, 0.5) is 0 Å². The molecule has 0 fully saturated rings. The third-order valence-electron chi connectivity index (χ3n) is 0. The van der Waals surface area contributed by atoms with E-state index in [1.165, 1.54) is 0 Å². The van der Waals surface area contributed by atoms with Gasteiger partial charge in [-0.05, 0) is 0 Å². The van der Waals surface area contributed by atoms with Gasteiger partial charge in [0.1, 0.15) is 0 Å². The SMILES string of the molecule is S.[Ag].[AlH3].[Cu].[GaH3].[InH3].[SeH2].[Zn]. The van der Waals surface area contributed by atoms with E-state index in [1.807, 2.05) is 0 Å². The molecule has 0 heterocycles. The summed E-state index contributed by atoms with van der Waals surface area (Å²) >= 11 is 0. The molecule has 0 spiro atoms. The molecule has 0 aliphatic carbocycles. The second-order valence-electron chi connectivity index (χ2n) is 0. The van der Waals surface area contributed by atoms with Crippen LogP contribution in [0.15, 0.2) is 0 Å². The summed E-state index contributed by atoms with van der Waals surface area (Å²) in [5.74, 6) is 0. The van der Waals surface area contributed by atoms with E-state index < -0.39 is 0 Å². The van der Waals surface area contributed by atoms with Gasteiger partial charge in [0.25, 0.3) is 0 Å². The van der Waals surface area contributed by atoms with E-state index in [2.05, 4.69) is 0 Å². The zero-order valence-corrected chi connectivity index (χ0v) is 10.8. The Morgan fingerprint density at radius 2 is 1.00 bits per heavy atom. The molecule has 0 saturated carbocycles. The van der Waals surface area contributed by atoms with Crippen molar-refractivity contribution in [2.45, 2.75) is 0 Å². The molecular weight excluding hydrogens is 559 g/mol. The average molecular weight is 572 g/mol. The number of hydrogen-bond acceptors (Lipinski definition) is 0. The van der Waals surface area contributed by atoms with E-state index in [0.717, 1.165) is 0 Å². The van der Waals surface area contributed by atoms with Crippen LogP contribution in [0.2, 0.25) is 0 Å². The van der Waals surface area contributed by atoms with Gasteiger partial charge in [0.15, 0.2) is 17.4 Å². The van der Waals surface area contributed by atoms with Gasteiger partial charge in [-0.2, -0.15) is 13.5 Å². The van der Waals surface area contributed by atoms with Gasteiger partial charge >= 0.3 is 62.7 Å². The summed E-state index contributed by atoms with van der Waals surface area (Å²) in [6.07, 6.45) is 0. The van der Waals surface area contributed by atoms with Crippen LogP contribution < -0.4 is 0 Å². The van der Waals surface area contributed by atoms with Crippen molar-refractivity contribution >= 4 is 93.6 Å². The van der Waals surface area contributed by atoms with Crippen LogP contribution in [0.3, 0.4) is 0 Å². The molecule has 0 amide bonds. The number of rotatable bonds is 0. The Bertz CT molecular complexity index is 24.0. The maximum absolute atomic E-state index is 0. The molecule has 0 bridgehead atoms. The van der Waals surface area contributed by atoms with E-state index >= 15 is 0 Å². The fourth-order valence-electron chi connectivity index (χ4n) is 0.